The summed E-state index contributed by atoms with van der Waals surface area (Å²) >= 11 is 0. The maximum atomic E-state index is 4.88. The largest absolute Gasteiger partial charge is 0.357 e. The third-order valence-electron chi connectivity index (χ3n) is 4.85. The lowest BCUT2D eigenvalue weighted by atomic mass is 9.92. The van der Waals surface area contributed by atoms with Crippen LogP contribution in [0.25, 0.3) is 0 Å². The van der Waals surface area contributed by atoms with Crippen molar-refractivity contribution in [2.24, 2.45) is 16.8 Å². The molecule has 4 nitrogen and oxygen atoms in total. The van der Waals surface area contributed by atoms with Crippen molar-refractivity contribution in [3.05, 3.63) is 0 Å². The number of nitrogens with zero attached hydrogens (tertiary/aromatic N) is 3. The monoisotopic (exact) mass is 308 g/mol. The molecule has 0 aliphatic carbocycles. The SMILES string of the molecule is CCNC(=NCCCCN1CCCC1)N1CC(C)CC(C)C1. The normalized spacial score (nSPS) is 27.4. The molecule has 2 fully saturated rings. The van der Waals surface area contributed by atoms with Crippen LogP contribution in [0, 0.1) is 11.8 Å². The molecule has 0 aromatic rings. The Morgan fingerprint density at radius 1 is 1.09 bits per heavy atom. The van der Waals surface area contributed by atoms with Crippen LogP contribution in [0.3, 0.4) is 0 Å². The van der Waals surface area contributed by atoms with Gasteiger partial charge in [0.05, 0.1) is 0 Å². The molecular formula is C18H36N4. The molecule has 2 saturated heterocycles. The van der Waals surface area contributed by atoms with Crippen molar-refractivity contribution in [1.82, 2.24) is 15.1 Å². The van der Waals surface area contributed by atoms with Crippen LogP contribution in [0.1, 0.15) is 52.9 Å². The second kappa shape index (κ2) is 9.39. The van der Waals surface area contributed by atoms with Crippen LogP contribution in [-0.2, 0) is 0 Å². The summed E-state index contributed by atoms with van der Waals surface area (Å²) in [6.45, 7) is 15.0. The molecule has 2 heterocycles. The smallest absolute Gasteiger partial charge is 0.193 e. The molecule has 0 spiro atoms. The fourth-order valence-corrected chi connectivity index (χ4v) is 3.90. The molecule has 128 valence electrons. The average Bonchev–Trinajstić information content (AvgIpc) is 2.98. The van der Waals surface area contributed by atoms with E-state index in [2.05, 4.69) is 35.9 Å². The van der Waals surface area contributed by atoms with Crippen LogP contribution in [0.15, 0.2) is 4.99 Å². The number of unbranched alkanes of at least 4 members (excludes halogenated alkanes) is 1. The van der Waals surface area contributed by atoms with Gasteiger partial charge in [-0.15, -0.1) is 0 Å². The zero-order valence-corrected chi connectivity index (χ0v) is 15.0. The third kappa shape index (κ3) is 5.79. The van der Waals surface area contributed by atoms with Gasteiger partial charge in [0.2, 0.25) is 0 Å². The van der Waals surface area contributed by atoms with Crippen molar-refractivity contribution in [2.75, 3.05) is 45.8 Å². The maximum Gasteiger partial charge on any atom is 0.193 e. The number of rotatable bonds is 6. The summed E-state index contributed by atoms with van der Waals surface area (Å²) in [5.41, 5.74) is 0. The quantitative estimate of drug-likeness (QED) is 0.465. The molecular weight excluding hydrogens is 272 g/mol. The summed E-state index contributed by atoms with van der Waals surface area (Å²) in [6, 6.07) is 0. The Hall–Kier alpha value is -0.770. The van der Waals surface area contributed by atoms with Gasteiger partial charge in [0, 0.05) is 26.2 Å². The Kier molecular flexibility index (Phi) is 7.50. The predicted molar refractivity (Wildman–Crippen MR) is 95.4 cm³/mol. The standard InChI is InChI=1S/C18H36N4/c1-4-19-18(22-14-16(2)13-17(3)15-22)20-9-5-6-10-21-11-7-8-12-21/h16-17H,4-15H2,1-3H3,(H,19,20). The Balaban J connectivity index is 1.73. The first-order chi connectivity index (χ1) is 10.7. The Labute approximate surface area is 137 Å². The van der Waals surface area contributed by atoms with Crippen LogP contribution in [-0.4, -0.2) is 61.6 Å². The van der Waals surface area contributed by atoms with Gasteiger partial charge in [-0.3, -0.25) is 4.99 Å². The van der Waals surface area contributed by atoms with E-state index in [0.717, 1.165) is 44.0 Å². The van der Waals surface area contributed by atoms with Gasteiger partial charge in [-0.25, -0.2) is 0 Å². The van der Waals surface area contributed by atoms with Gasteiger partial charge in [0.25, 0.3) is 0 Å². The van der Waals surface area contributed by atoms with Crippen LogP contribution < -0.4 is 5.32 Å². The number of hydrogen-bond donors (Lipinski definition) is 1. The fraction of sp³-hybridized carbons (Fsp3) is 0.944. The van der Waals surface area contributed by atoms with Gasteiger partial charge in [-0.1, -0.05) is 13.8 Å². The molecule has 2 aliphatic heterocycles. The highest BCUT2D eigenvalue weighted by molar-refractivity contribution is 5.80. The molecule has 1 N–H and O–H groups in total. The highest BCUT2D eigenvalue weighted by Crippen LogP contribution is 2.20. The van der Waals surface area contributed by atoms with E-state index in [4.69, 9.17) is 4.99 Å². The number of nitrogens with one attached hydrogen (secondary N) is 1. The van der Waals surface area contributed by atoms with Crippen molar-refractivity contribution < 1.29 is 0 Å². The Bertz CT molecular complexity index is 326. The van der Waals surface area contributed by atoms with E-state index in [1.165, 1.54) is 51.7 Å². The van der Waals surface area contributed by atoms with Gasteiger partial charge in [-0.05, 0) is 70.5 Å². The molecule has 4 heteroatoms. The van der Waals surface area contributed by atoms with Crippen LogP contribution in [0.5, 0.6) is 0 Å². The van der Waals surface area contributed by atoms with Gasteiger partial charge in [0.15, 0.2) is 5.96 Å². The molecule has 0 saturated carbocycles. The summed E-state index contributed by atoms with van der Waals surface area (Å²) < 4.78 is 0. The van der Waals surface area contributed by atoms with Crippen molar-refractivity contribution in [1.29, 1.82) is 0 Å². The number of guanidine groups is 1. The van der Waals surface area contributed by atoms with Gasteiger partial charge < -0.3 is 15.1 Å². The molecule has 2 unspecified atom stereocenters. The lowest BCUT2D eigenvalue weighted by Gasteiger charge is -2.37. The van der Waals surface area contributed by atoms with E-state index >= 15 is 0 Å². The summed E-state index contributed by atoms with van der Waals surface area (Å²) in [6.07, 6.45) is 6.65. The van der Waals surface area contributed by atoms with Crippen LogP contribution in [0.2, 0.25) is 0 Å². The van der Waals surface area contributed by atoms with E-state index < -0.39 is 0 Å². The topological polar surface area (TPSA) is 30.9 Å². The Morgan fingerprint density at radius 3 is 2.41 bits per heavy atom. The molecule has 0 radical (unpaired) electrons. The fourth-order valence-electron chi connectivity index (χ4n) is 3.90. The van der Waals surface area contributed by atoms with Crippen LogP contribution in [0.4, 0.5) is 0 Å². The second-order valence-electron chi connectivity index (χ2n) is 7.34. The molecule has 0 amide bonds. The first-order valence-corrected chi connectivity index (χ1v) is 9.44. The number of hydrogen-bond acceptors (Lipinski definition) is 2. The highest BCUT2D eigenvalue weighted by Gasteiger charge is 2.23. The molecule has 22 heavy (non-hydrogen) atoms. The molecule has 2 rings (SSSR count). The summed E-state index contributed by atoms with van der Waals surface area (Å²) in [7, 11) is 0. The molecule has 0 aromatic carbocycles. The van der Waals surface area contributed by atoms with Gasteiger partial charge >= 0.3 is 0 Å². The predicted octanol–water partition coefficient (Wildman–Crippen LogP) is 2.81. The first-order valence-electron chi connectivity index (χ1n) is 9.44. The molecule has 2 aliphatic rings. The Morgan fingerprint density at radius 2 is 1.77 bits per heavy atom. The van der Waals surface area contributed by atoms with Crippen molar-refractivity contribution in [3.8, 4) is 0 Å². The lowest BCUT2D eigenvalue weighted by Crippen LogP contribution is -2.48. The minimum Gasteiger partial charge on any atom is -0.357 e. The number of likely N-dealkylation sites (tertiary alicyclic amines) is 2. The van der Waals surface area contributed by atoms with Crippen molar-refractivity contribution in [3.63, 3.8) is 0 Å². The number of piperidine rings is 1. The zero-order chi connectivity index (χ0) is 15.8. The molecule has 0 bridgehead atoms. The van der Waals surface area contributed by atoms with E-state index in [9.17, 15) is 0 Å². The summed E-state index contributed by atoms with van der Waals surface area (Å²) in [5, 5.41) is 3.49. The third-order valence-corrected chi connectivity index (χ3v) is 4.85. The van der Waals surface area contributed by atoms with E-state index in [0.29, 0.717) is 0 Å². The van der Waals surface area contributed by atoms with Crippen molar-refractivity contribution in [2.45, 2.75) is 52.9 Å². The highest BCUT2D eigenvalue weighted by atomic mass is 15.3. The first kappa shape index (κ1) is 17.6. The summed E-state index contributed by atoms with van der Waals surface area (Å²) in [5.74, 6) is 2.70. The van der Waals surface area contributed by atoms with E-state index in [1.54, 1.807) is 0 Å². The van der Waals surface area contributed by atoms with Gasteiger partial charge in [0.1, 0.15) is 0 Å². The van der Waals surface area contributed by atoms with Crippen molar-refractivity contribution >= 4 is 5.96 Å². The molecule has 2 atom stereocenters. The van der Waals surface area contributed by atoms with Crippen LogP contribution >= 0.6 is 0 Å². The average molecular weight is 309 g/mol. The van der Waals surface area contributed by atoms with Gasteiger partial charge in [-0.2, -0.15) is 0 Å². The lowest BCUT2D eigenvalue weighted by molar-refractivity contribution is 0.208. The number of aliphatic imine (C=N–C) groups is 1. The minimum absolute atomic E-state index is 0.780. The summed E-state index contributed by atoms with van der Waals surface area (Å²) in [4.78, 5) is 9.96. The van der Waals surface area contributed by atoms with E-state index in [-0.39, 0.29) is 0 Å². The van der Waals surface area contributed by atoms with E-state index in [1.807, 2.05) is 0 Å². The zero-order valence-electron chi connectivity index (χ0n) is 15.0. The second-order valence-corrected chi connectivity index (χ2v) is 7.34. The molecule has 0 aromatic heterocycles. The maximum absolute atomic E-state index is 4.88. The minimum atomic E-state index is 0.780.